The van der Waals surface area contributed by atoms with E-state index in [1.54, 1.807) is 19.2 Å². The maximum atomic E-state index is 10.6. The van der Waals surface area contributed by atoms with Crippen LogP contribution in [-0.4, -0.2) is 23.6 Å². The molecule has 2 rings (SSSR count). The Morgan fingerprint density at radius 2 is 2.25 bits per heavy atom. The van der Waals surface area contributed by atoms with Gasteiger partial charge in [-0.05, 0) is 12.1 Å². The molecule has 5 heteroatoms. The molecule has 0 atom stereocenters. The molecule has 0 saturated carbocycles. The molecule has 1 N–H and O–H groups in total. The zero-order valence-electron chi connectivity index (χ0n) is 8.90. The number of H-pyrrole nitrogens is 1. The molecule has 0 spiro atoms. The van der Waals surface area contributed by atoms with Crippen LogP contribution in [0.2, 0.25) is 0 Å². The number of nitrogens with zero attached hydrogens (tertiary/aromatic N) is 1. The van der Waals surface area contributed by atoms with Crippen molar-refractivity contribution in [3.8, 4) is 0 Å². The van der Waals surface area contributed by atoms with Gasteiger partial charge in [0.1, 0.15) is 0 Å². The Hall–Kier alpha value is -1.88. The second kappa shape index (κ2) is 4.32. The molecule has 0 amide bonds. The van der Waals surface area contributed by atoms with E-state index in [0.29, 0.717) is 6.61 Å². The molecule has 16 heavy (non-hydrogen) atoms. The number of hydrogen-bond acceptors (Lipinski definition) is 3. The zero-order chi connectivity index (χ0) is 11.5. The van der Waals surface area contributed by atoms with E-state index < -0.39 is 0 Å². The van der Waals surface area contributed by atoms with Gasteiger partial charge in [-0.25, -0.2) is 0 Å². The summed E-state index contributed by atoms with van der Waals surface area (Å²) in [7, 11) is 1.65. The number of ether oxygens (including phenoxy) is 1. The lowest BCUT2D eigenvalue weighted by Crippen LogP contribution is -1.93. The monoisotopic (exact) mass is 220 g/mol. The number of methoxy groups -OCH3 is 1. The summed E-state index contributed by atoms with van der Waals surface area (Å²) in [4.78, 5) is 13.4. The van der Waals surface area contributed by atoms with Gasteiger partial charge in [-0.1, -0.05) is 0 Å². The molecule has 0 fully saturated rings. The Morgan fingerprint density at radius 1 is 1.44 bits per heavy atom. The van der Waals surface area contributed by atoms with Crippen LogP contribution in [-0.2, 0) is 11.2 Å². The van der Waals surface area contributed by atoms with Gasteiger partial charge in [-0.2, -0.15) is 0 Å². The lowest BCUT2D eigenvalue weighted by molar-refractivity contribution is -0.384. The van der Waals surface area contributed by atoms with Gasteiger partial charge in [0.25, 0.3) is 5.69 Å². The molecule has 0 aliphatic carbocycles. The van der Waals surface area contributed by atoms with Crippen molar-refractivity contribution >= 4 is 16.6 Å². The van der Waals surface area contributed by atoms with Crippen molar-refractivity contribution in [3.05, 3.63) is 40.1 Å². The second-order valence-corrected chi connectivity index (χ2v) is 3.57. The van der Waals surface area contributed by atoms with Crippen molar-refractivity contribution in [1.29, 1.82) is 0 Å². The molecular weight excluding hydrogens is 208 g/mol. The van der Waals surface area contributed by atoms with Crippen LogP contribution < -0.4 is 0 Å². The number of nitrogens with one attached hydrogen (secondary N) is 1. The van der Waals surface area contributed by atoms with Crippen LogP contribution in [0.5, 0.6) is 0 Å². The summed E-state index contributed by atoms with van der Waals surface area (Å²) >= 11 is 0. The highest BCUT2D eigenvalue weighted by Gasteiger charge is 2.07. The number of fused-ring (bicyclic) bond motifs is 1. The lowest BCUT2D eigenvalue weighted by atomic mass is 10.2. The van der Waals surface area contributed by atoms with Crippen LogP contribution >= 0.6 is 0 Å². The number of nitro benzene ring substituents is 1. The standard InChI is InChI=1S/C11H12N2O3/c1-16-5-4-9-6-8-7-10(13(14)15)2-3-11(8)12-9/h2-3,6-7,12H,4-5H2,1H3. The first-order chi connectivity index (χ1) is 7.70. The van der Waals surface area contributed by atoms with Gasteiger partial charge in [0.05, 0.1) is 11.5 Å². The third kappa shape index (κ3) is 2.04. The normalized spacial score (nSPS) is 10.8. The Morgan fingerprint density at radius 3 is 2.94 bits per heavy atom. The molecule has 0 saturated heterocycles. The number of non-ortho nitro benzene ring substituents is 1. The smallest absolute Gasteiger partial charge is 0.270 e. The Labute approximate surface area is 92.2 Å². The van der Waals surface area contributed by atoms with Crippen molar-refractivity contribution in [2.45, 2.75) is 6.42 Å². The molecule has 84 valence electrons. The molecule has 2 aromatic rings. The first-order valence-corrected chi connectivity index (χ1v) is 4.95. The van der Waals surface area contributed by atoms with E-state index in [2.05, 4.69) is 4.98 Å². The number of rotatable bonds is 4. The molecule has 5 nitrogen and oxygen atoms in total. The minimum Gasteiger partial charge on any atom is -0.384 e. The highest BCUT2D eigenvalue weighted by atomic mass is 16.6. The van der Waals surface area contributed by atoms with E-state index in [9.17, 15) is 10.1 Å². The van der Waals surface area contributed by atoms with Crippen LogP contribution in [0, 0.1) is 10.1 Å². The van der Waals surface area contributed by atoms with Crippen LogP contribution in [0.3, 0.4) is 0 Å². The molecule has 1 aromatic carbocycles. The topological polar surface area (TPSA) is 68.2 Å². The summed E-state index contributed by atoms with van der Waals surface area (Å²) in [6, 6.07) is 6.71. The fraction of sp³-hybridized carbons (Fsp3) is 0.273. The number of aromatic nitrogens is 1. The van der Waals surface area contributed by atoms with Gasteiger partial charge in [0, 0.05) is 42.3 Å². The number of benzene rings is 1. The summed E-state index contributed by atoms with van der Waals surface area (Å²) in [5, 5.41) is 11.5. The first-order valence-electron chi connectivity index (χ1n) is 4.95. The fourth-order valence-electron chi connectivity index (χ4n) is 1.64. The van der Waals surface area contributed by atoms with E-state index in [-0.39, 0.29) is 10.6 Å². The predicted molar refractivity (Wildman–Crippen MR) is 60.5 cm³/mol. The molecule has 0 unspecified atom stereocenters. The van der Waals surface area contributed by atoms with E-state index >= 15 is 0 Å². The summed E-state index contributed by atoms with van der Waals surface area (Å²) in [5.41, 5.74) is 2.05. The predicted octanol–water partition coefficient (Wildman–Crippen LogP) is 2.26. The first kappa shape index (κ1) is 10.6. The molecule has 0 radical (unpaired) electrons. The number of nitro groups is 1. The van der Waals surface area contributed by atoms with Gasteiger partial charge >= 0.3 is 0 Å². The zero-order valence-corrected chi connectivity index (χ0v) is 8.90. The van der Waals surface area contributed by atoms with E-state index in [4.69, 9.17) is 4.74 Å². The number of aromatic amines is 1. The average Bonchev–Trinajstić information content (AvgIpc) is 2.67. The minimum absolute atomic E-state index is 0.116. The third-order valence-electron chi connectivity index (χ3n) is 2.45. The summed E-state index contributed by atoms with van der Waals surface area (Å²) in [6.07, 6.45) is 0.777. The second-order valence-electron chi connectivity index (χ2n) is 3.57. The quantitative estimate of drug-likeness (QED) is 0.634. The summed E-state index contributed by atoms with van der Waals surface area (Å²) in [6.45, 7) is 0.634. The Bertz CT molecular complexity index is 519. The highest BCUT2D eigenvalue weighted by molar-refractivity contribution is 5.82. The molecule has 0 bridgehead atoms. The van der Waals surface area contributed by atoms with Gasteiger partial charge in [-0.3, -0.25) is 10.1 Å². The largest absolute Gasteiger partial charge is 0.384 e. The molecule has 1 heterocycles. The third-order valence-corrected chi connectivity index (χ3v) is 2.45. The van der Waals surface area contributed by atoms with Crippen LogP contribution in [0.15, 0.2) is 24.3 Å². The van der Waals surface area contributed by atoms with Crippen LogP contribution in [0.1, 0.15) is 5.69 Å². The maximum absolute atomic E-state index is 10.6. The van der Waals surface area contributed by atoms with Crippen molar-refractivity contribution in [3.63, 3.8) is 0 Å². The summed E-state index contributed by atoms with van der Waals surface area (Å²) in [5.74, 6) is 0. The Kier molecular flexibility index (Phi) is 2.87. The fourth-order valence-corrected chi connectivity index (χ4v) is 1.64. The maximum Gasteiger partial charge on any atom is 0.270 e. The van der Waals surface area contributed by atoms with Crippen molar-refractivity contribution < 1.29 is 9.66 Å². The van der Waals surface area contributed by atoms with Crippen LogP contribution in [0.4, 0.5) is 5.69 Å². The van der Waals surface area contributed by atoms with Gasteiger partial charge < -0.3 is 9.72 Å². The summed E-state index contributed by atoms with van der Waals surface area (Å²) < 4.78 is 4.98. The minimum atomic E-state index is -0.388. The molecule has 0 aliphatic rings. The number of hydrogen-bond donors (Lipinski definition) is 1. The van der Waals surface area contributed by atoms with Gasteiger partial charge in [0.15, 0.2) is 0 Å². The van der Waals surface area contributed by atoms with Crippen molar-refractivity contribution in [2.24, 2.45) is 0 Å². The van der Waals surface area contributed by atoms with E-state index in [0.717, 1.165) is 23.0 Å². The van der Waals surface area contributed by atoms with E-state index in [1.807, 2.05) is 6.07 Å². The van der Waals surface area contributed by atoms with Gasteiger partial charge in [0.2, 0.25) is 0 Å². The van der Waals surface area contributed by atoms with Crippen LogP contribution in [0.25, 0.3) is 10.9 Å². The van der Waals surface area contributed by atoms with Crippen molar-refractivity contribution in [2.75, 3.05) is 13.7 Å². The Balaban J connectivity index is 2.34. The highest BCUT2D eigenvalue weighted by Crippen LogP contribution is 2.21. The molecule has 0 aliphatic heterocycles. The molecule has 1 aromatic heterocycles. The van der Waals surface area contributed by atoms with Crippen molar-refractivity contribution in [1.82, 2.24) is 4.98 Å². The van der Waals surface area contributed by atoms with Gasteiger partial charge in [-0.15, -0.1) is 0 Å². The molecular formula is C11H12N2O3. The average molecular weight is 220 g/mol. The lowest BCUT2D eigenvalue weighted by Gasteiger charge is -1.94. The SMILES string of the molecule is COCCc1cc2cc([N+](=O)[O-])ccc2[nH]1. The van der Waals surface area contributed by atoms with E-state index in [1.165, 1.54) is 6.07 Å².